The summed E-state index contributed by atoms with van der Waals surface area (Å²) in [7, 11) is -3.19. The SMILES string of the molecule is [2H]C([2H])([2H])N(C(=O)[C@@H]1[C@H](CO[Si](c2ccccc2)(c2ccccc2)C(C)(C)C)CN1c1nc(C)cc(C(F)(F)F)c1C#N)c1ccc(F)c(Cl)c1. The number of nitrogens with zero attached hydrogens (tertiary/aromatic N) is 4. The van der Waals surface area contributed by atoms with Crippen molar-refractivity contribution in [3.8, 4) is 6.07 Å². The molecule has 6 nitrogen and oxygen atoms in total. The second-order valence-electron chi connectivity index (χ2n) is 12.7. The van der Waals surface area contributed by atoms with Crippen molar-refractivity contribution in [1.29, 1.82) is 5.26 Å². The molecule has 0 radical (unpaired) electrons. The molecule has 0 spiro atoms. The third-order valence-electron chi connectivity index (χ3n) is 8.60. The van der Waals surface area contributed by atoms with Crippen molar-refractivity contribution >= 4 is 47.7 Å². The molecule has 250 valence electrons. The Morgan fingerprint density at radius 3 is 2.19 bits per heavy atom. The van der Waals surface area contributed by atoms with Gasteiger partial charge in [-0.2, -0.15) is 18.4 Å². The molecule has 2 heterocycles. The Morgan fingerprint density at radius 2 is 1.69 bits per heavy atom. The Labute approximate surface area is 287 Å². The van der Waals surface area contributed by atoms with E-state index >= 15 is 0 Å². The number of aryl methyl sites for hydroxylation is 1. The molecule has 1 fully saturated rings. The molecule has 12 heteroatoms. The number of rotatable bonds is 8. The molecule has 2 atom stereocenters. The fourth-order valence-electron chi connectivity index (χ4n) is 6.36. The zero-order chi connectivity index (χ0) is 37.5. The van der Waals surface area contributed by atoms with E-state index in [2.05, 4.69) is 25.8 Å². The molecule has 5 rings (SSSR count). The summed E-state index contributed by atoms with van der Waals surface area (Å²) in [5.41, 5.74) is -2.35. The van der Waals surface area contributed by atoms with E-state index in [0.29, 0.717) is 4.90 Å². The summed E-state index contributed by atoms with van der Waals surface area (Å²) in [6, 6.07) is 23.2. The van der Waals surface area contributed by atoms with Gasteiger partial charge in [0, 0.05) is 41.5 Å². The zero-order valence-electron chi connectivity index (χ0n) is 29.6. The Morgan fingerprint density at radius 1 is 1.08 bits per heavy atom. The van der Waals surface area contributed by atoms with Crippen molar-refractivity contribution in [3.05, 3.63) is 113 Å². The summed E-state index contributed by atoms with van der Waals surface area (Å²) in [5, 5.41) is 10.9. The molecule has 0 saturated carbocycles. The lowest BCUT2D eigenvalue weighted by Gasteiger charge is -2.51. The maximum atomic E-state index is 14.6. The molecule has 0 unspecified atom stereocenters. The molecule has 1 aromatic heterocycles. The van der Waals surface area contributed by atoms with Gasteiger partial charge in [0.05, 0.1) is 10.6 Å². The maximum Gasteiger partial charge on any atom is 0.417 e. The second kappa shape index (κ2) is 13.3. The third kappa shape index (κ3) is 6.44. The van der Waals surface area contributed by atoms with Crippen molar-refractivity contribution in [2.24, 2.45) is 5.92 Å². The van der Waals surface area contributed by atoms with Gasteiger partial charge in [-0.1, -0.05) is 93.0 Å². The van der Waals surface area contributed by atoms with Crippen LogP contribution < -0.4 is 20.2 Å². The van der Waals surface area contributed by atoms with E-state index in [4.69, 9.17) is 20.1 Å². The number of nitriles is 1. The van der Waals surface area contributed by atoms with Gasteiger partial charge in [-0.15, -0.1) is 0 Å². The highest BCUT2D eigenvalue weighted by Gasteiger charge is 2.53. The Kier molecular flexibility index (Phi) is 8.63. The molecular formula is C36H35ClF4N4O2Si. The van der Waals surface area contributed by atoms with E-state index in [9.17, 15) is 27.6 Å². The van der Waals surface area contributed by atoms with Crippen LogP contribution in [-0.4, -0.2) is 45.4 Å². The number of likely N-dealkylation sites (N-methyl/N-ethyl adjacent to an activating group) is 1. The maximum absolute atomic E-state index is 14.6. The minimum absolute atomic E-state index is 0.0625. The molecule has 48 heavy (non-hydrogen) atoms. The van der Waals surface area contributed by atoms with Crippen molar-refractivity contribution in [2.75, 3.05) is 29.9 Å². The number of benzene rings is 3. The quantitative estimate of drug-likeness (QED) is 0.145. The number of carbonyl (C=O) groups is 1. The van der Waals surface area contributed by atoms with Gasteiger partial charge in [-0.05, 0) is 46.6 Å². The monoisotopic (exact) mass is 697 g/mol. The number of amides is 1. The first-order chi connectivity index (χ1) is 23.8. The molecule has 1 aliphatic heterocycles. The number of hydrogen-bond donors (Lipinski definition) is 0. The van der Waals surface area contributed by atoms with Gasteiger partial charge in [0.25, 0.3) is 8.32 Å². The molecule has 1 amide bonds. The molecular weight excluding hydrogens is 660 g/mol. The normalized spacial score (nSPS) is 17.8. The number of pyridine rings is 1. The Bertz CT molecular complexity index is 1920. The lowest BCUT2D eigenvalue weighted by molar-refractivity contribution is -0.137. The van der Waals surface area contributed by atoms with Gasteiger partial charge in [0.1, 0.15) is 29.3 Å². The van der Waals surface area contributed by atoms with Crippen LogP contribution in [0.15, 0.2) is 84.9 Å². The summed E-state index contributed by atoms with van der Waals surface area (Å²) >= 11 is 5.99. The molecule has 0 aliphatic carbocycles. The van der Waals surface area contributed by atoms with Gasteiger partial charge in [0.15, 0.2) is 0 Å². The Hall–Kier alpha value is -4.24. The topological polar surface area (TPSA) is 69.5 Å². The molecule has 1 saturated heterocycles. The van der Waals surface area contributed by atoms with Crippen LogP contribution in [0, 0.1) is 30.0 Å². The number of anilines is 2. The summed E-state index contributed by atoms with van der Waals surface area (Å²) in [6.45, 7) is 4.18. The van der Waals surface area contributed by atoms with E-state index in [0.717, 1.165) is 34.6 Å². The van der Waals surface area contributed by atoms with Crippen molar-refractivity contribution in [1.82, 2.24) is 4.98 Å². The van der Waals surface area contributed by atoms with Crippen LogP contribution in [-0.2, 0) is 15.4 Å². The number of alkyl halides is 3. The molecule has 3 aromatic carbocycles. The fraction of sp³-hybridized carbons (Fsp3) is 0.306. The summed E-state index contributed by atoms with van der Waals surface area (Å²) in [5.74, 6) is -3.07. The van der Waals surface area contributed by atoms with E-state index < -0.39 is 72.2 Å². The fourth-order valence-corrected chi connectivity index (χ4v) is 11.1. The first-order valence-corrected chi connectivity index (χ1v) is 17.4. The van der Waals surface area contributed by atoms with E-state index in [-0.39, 0.29) is 24.5 Å². The minimum atomic E-state index is -4.92. The number of carbonyl (C=O) groups excluding carboxylic acids is 1. The first kappa shape index (κ1) is 31.1. The predicted octanol–water partition coefficient (Wildman–Crippen LogP) is 7.12. The second-order valence-corrected chi connectivity index (χ2v) is 17.4. The summed E-state index contributed by atoms with van der Waals surface area (Å²) in [4.78, 5) is 20.5. The van der Waals surface area contributed by atoms with Crippen molar-refractivity contribution < 1.29 is 30.9 Å². The van der Waals surface area contributed by atoms with Gasteiger partial charge in [-0.3, -0.25) is 4.79 Å². The highest BCUT2D eigenvalue weighted by molar-refractivity contribution is 6.99. The van der Waals surface area contributed by atoms with Gasteiger partial charge in [0.2, 0.25) is 5.91 Å². The minimum Gasteiger partial charge on any atom is -0.407 e. The molecule has 1 aliphatic rings. The number of aromatic nitrogens is 1. The number of hydrogen-bond acceptors (Lipinski definition) is 5. The number of halogens is 5. The van der Waals surface area contributed by atoms with Gasteiger partial charge >= 0.3 is 6.18 Å². The van der Waals surface area contributed by atoms with Crippen LogP contribution in [0.1, 0.15) is 41.7 Å². The van der Waals surface area contributed by atoms with E-state index in [1.807, 2.05) is 60.7 Å². The zero-order valence-corrected chi connectivity index (χ0v) is 28.4. The van der Waals surface area contributed by atoms with E-state index in [1.54, 1.807) is 6.07 Å². The summed E-state index contributed by atoms with van der Waals surface area (Å²) in [6.07, 6.45) is -4.92. The van der Waals surface area contributed by atoms with Crippen molar-refractivity contribution in [3.63, 3.8) is 0 Å². The van der Waals surface area contributed by atoms with Crippen LogP contribution in [0.4, 0.5) is 29.1 Å². The summed E-state index contributed by atoms with van der Waals surface area (Å²) < 4.78 is 88.6. The Balaban J connectivity index is 1.66. The predicted molar refractivity (Wildman–Crippen MR) is 182 cm³/mol. The lowest BCUT2D eigenvalue weighted by Crippen LogP contribution is -2.70. The van der Waals surface area contributed by atoms with Crippen LogP contribution in [0.25, 0.3) is 0 Å². The lowest BCUT2D eigenvalue weighted by atomic mass is 9.87. The average molecular weight is 698 g/mol. The largest absolute Gasteiger partial charge is 0.417 e. The molecule has 0 bridgehead atoms. The smallest absolute Gasteiger partial charge is 0.407 e. The van der Waals surface area contributed by atoms with Crippen LogP contribution in [0.5, 0.6) is 0 Å². The van der Waals surface area contributed by atoms with Crippen molar-refractivity contribution in [2.45, 2.75) is 45.0 Å². The van der Waals surface area contributed by atoms with Crippen LogP contribution in [0.3, 0.4) is 0 Å². The van der Waals surface area contributed by atoms with Gasteiger partial charge in [-0.25, -0.2) is 9.37 Å². The van der Waals surface area contributed by atoms with Crippen LogP contribution >= 0.6 is 11.6 Å². The highest BCUT2D eigenvalue weighted by Crippen LogP contribution is 2.42. The third-order valence-corrected chi connectivity index (χ3v) is 13.9. The van der Waals surface area contributed by atoms with E-state index in [1.165, 1.54) is 11.8 Å². The highest BCUT2D eigenvalue weighted by atomic mass is 35.5. The average Bonchev–Trinajstić information content (AvgIpc) is 3.03. The first-order valence-electron chi connectivity index (χ1n) is 16.6. The standard InChI is InChI=1S/C36H35ClF4N4O2Si/c1-23-18-29(36(39,40)41)28(20-42)33(43-23)45-21-24(32(45)34(46)44(5)25-16-17-31(38)30(37)19-25)22-47-48(35(2,3)4,26-12-8-6-9-13-26)27-14-10-7-11-15-27/h6-19,24,32H,21-22H2,1-5H3/t24-,32-/m0/s1/i5D3. The molecule has 0 N–H and O–H groups in total. The molecule has 4 aromatic rings. The van der Waals surface area contributed by atoms with Crippen LogP contribution in [0.2, 0.25) is 10.1 Å². The van der Waals surface area contributed by atoms with Gasteiger partial charge < -0.3 is 14.2 Å².